The van der Waals surface area contributed by atoms with E-state index in [0.717, 1.165) is 27.3 Å². The van der Waals surface area contributed by atoms with Crippen LogP contribution in [0, 0.1) is 13.8 Å². The fourth-order valence-electron chi connectivity index (χ4n) is 1.71. The summed E-state index contributed by atoms with van der Waals surface area (Å²) in [5, 5.41) is 12.6. The zero-order valence-electron chi connectivity index (χ0n) is 10.7. The highest BCUT2D eigenvalue weighted by Crippen LogP contribution is 2.32. The van der Waals surface area contributed by atoms with Crippen LogP contribution in [0.1, 0.15) is 16.7 Å². The molecule has 0 aliphatic rings. The summed E-state index contributed by atoms with van der Waals surface area (Å²) in [6, 6.07) is 9.28. The van der Waals surface area contributed by atoms with Gasteiger partial charge in [0.2, 0.25) is 0 Å². The van der Waals surface area contributed by atoms with Crippen LogP contribution < -0.4 is 0 Å². The second-order valence-electron chi connectivity index (χ2n) is 4.42. The molecule has 0 fully saturated rings. The fraction of sp³-hybridized carbons (Fsp3) is 0.200. The van der Waals surface area contributed by atoms with Crippen LogP contribution in [-0.2, 0) is 10.9 Å². The first-order chi connectivity index (χ1) is 8.97. The molecule has 0 saturated heterocycles. The highest BCUT2D eigenvalue weighted by atomic mass is 35.5. The summed E-state index contributed by atoms with van der Waals surface area (Å²) in [5.41, 5.74) is 2.91. The Labute approximate surface area is 127 Å². The van der Waals surface area contributed by atoms with Crippen LogP contribution in [0.2, 0.25) is 10.0 Å². The maximum atomic E-state index is 11.5. The van der Waals surface area contributed by atoms with Gasteiger partial charge in [0.05, 0.1) is 10.0 Å². The fourth-order valence-corrected chi connectivity index (χ4v) is 3.08. The normalized spacial score (nSPS) is 10.7. The summed E-state index contributed by atoms with van der Waals surface area (Å²) in [6.07, 6.45) is 0. The Bertz CT molecular complexity index is 611. The Morgan fingerprint density at radius 2 is 1.74 bits per heavy atom. The van der Waals surface area contributed by atoms with Gasteiger partial charge in [0, 0.05) is 10.6 Å². The van der Waals surface area contributed by atoms with Crippen LogP contribution in [0.4, 0.5) is 0 Å². The number of aryl methyl sites for hydroxylation is 2. The number of hydrogen-bond acceptors (Lipinski definition) is 1. The molecule has 0 saturated carbocycles. The second kappa shape index (κ2) is 6.08. The largest absolute Gasteiger partial charge is 0.290 e. The molecule has 2 aromatic carbocycles. The summed E-state index contributed by atoms with van der Waals surface area (Å²) in [6.45, 7) is 3.79. The van der Waals surface area contributed by atoms with E-state index in [0.29, 0.717) is 10.0 Å². The van der Waals surface area contributed by atoms with E-state index in [9.17, 15) is 5.11 Å². The topological polar surface area (TPSA) is 19.9 Å². The van der Waals surface area contributed by atoms with E-state index in [4.69, 9.17) is 23.2 Å². The summed E-state index contributed by atoms with van der Waals surface area (Å²) >= 11 is 13.6. The predicted octanol–water partition coefficient (Wildman–Crippen LogP) is 6.05. The molecule has 0 atom stereocenters. The highest BCUT2D eigenvalue weighted by Gasteiger charge is 2.06. The van der Waals surface area contributed by atoms with Crippen LogP contribution >= 0.6 is 35.0 Å². The average Bonchev–Trinajstić information content (AvgIpc) is 2.36. The van der Waals surface area contributed by atoms with Crippen LogP contribution in [0.5, 0.6) is 5.75 Å². The molecule has 0 heterocycles. The van der Waals surface area contributed by atoms with Gasteiger partial charge in [-0.3, -0.25) is 5.11 Å². The molecule has 2 aromatic rings. The molecule has 0 unspecified atom stereocenters. The van der Waals surface area contributed by atoms with Crippen molar-refractivity contribution in [2.75, 3.05) is 0 Å². The minimum atomic E-state index is 0.0939. The van der Waals surface area contributed by atoms with Crippen LogP contribution in [-0.4, -0.2) is 0 Å². The first-order valence-corrected chi connectivity index (χ1v) is 7.56. The minimum Gasteiger partial charge on any atom is -0.290 e. The van der Waals surface area contributed by atoms with Gasteiger partial charge < -0.3 is 0 Å². The molecule has 4 heteroatoms. The molecule has 99 valence electrons. The molecule has 2 rings (SSSR count). The van der Waals surface area contributed by atoms with Crippen LogP contribution in [0.25, 0.3) is 0 Å². The third kappa shape index (κ3) is 3.59. The first kappa shape index (κ1) is 14.6. The number of thioether (sulfide) groups is 1. The lowest BCUT2D eigenvalue weighted by atomic mass is 10.1. The summed E-state index contributed by atoms with van der Waals surface area (Å²) in [4.78, 5) is 1.13. The molecule has 1 radical (unpaired) electrons. The van der Waals surface area contributed by atoms with Crippen LogP contribution in [0.15, 0.2) is 35.2 Å². The Balaban J connectivity index is 2.14. The van der Waals surface area contributed by atoms with Gasteiger partial charge in [-0.1, -0.05) is 29.3 Å². The van der Waals surface area contributed by atoms with E-state index >= 15 is 0 Å². The number of halogens is 2. The maximum Gasteiger partial charge on any atom is 0.181 e. The van der Waals surface area contributed by atoms with Gasteiger partial charge in [0.25, 0.3) is 0 Å². The van der Waals surface area contributed by atoms with Crippen molar-refractivity contribution in [2.45, 2.75) is 24.5 Å². The van der Waals surface area contributed by atoms with E-state index in [2.05, 4.69) is 0 Å². The second-order valence-corrected chi connectivity index (χ2v) is 6.25. The molecule has 19 heavy (non-hydrogen) atoms. The number of rotatable bonds is 3. The lowest BCUT2D eigenvalue weighted by molar-refractivity contribution is 0.351. The van der Waals surface area contributed by atoms with Gasteiger partial charge in [-0.05, 0) is 54.8 Å². The standard InChI is InChI=1S/C15H13Cl2OS/c1-9-6-15(10(2)5-14(9)18)19-8-11-3-4-12(16)13(17)7-11/h3-7H,8H2,1-2H3. The van der Waals surface area contributed by atoms with Gasteiger partial charge in [-0.15, -0.1) is 11.8 Å². The van der Waals surface area contributed by atoms with Gasteiger partial charge in [0.15, 0.2) is 5.75 Å². The predicted molar refractivity (Wildman–Crippen MR) is 82.1 cm³/mol. The molecular formula is C15H13Cl2OS. The number of benzene rings is 2. The Kier molecular flexibility index (Phi) is 4.67. The smallest absolute Gasteiger partial charge is 0.181 e. The van der Waals surface area contributed by atoms with E-state index in [1.807, 2.05) is 32.0 Å². The molecule has 1 nitrogen and oxygen atoms in total. The van der Waals surface area contributed by atoms with Crippen LogP contribution in [0.3, 0.4) is 0 Å². The average molecular weight is 312 g/mol. The summed E-state index contributed by atoms with van der Waals surface area (Å²) in [5.74, 6) is 0.895. The van der Waals surface area contributed by atoms with E-state index < -0.39 is 0 Å². The molecular weight excluding hydrogens is 299 g/mol. The summed E-state index contributed by atoms with van der Waals surface area (Å²) in [7, 11) is 0. The lowest BCUT2D eigenvalue weighted by Gasteiger charge is -2.08. The Morgan fingerprint density at radius 3 is 2.42 bits per heavy atom. The molecule has 0 amide bonds. The van der Waals surface area contributed by atoms with Crippen molar-refractivity contribution in [3.8, 4) is 5.75 Å². The van der Waals surface area contributed by atoms with Gasteiger partial charge >= 0.3 is 0 Å². The third-order valence-electron chi connectivity index (χ3n) is 2.85. The van der Waals surface area contributed by atoms with Crippen molar-refractivity contribution >= 4 is 35.0 Å². The van der Waals surface area contributed by atoms with E-state index in [1.54, 1.807) is 23.9 Å². The SMILES string of the molecule is Cc1cc(SCc2ccc(Cl)c(Cl)c2)c(C)cc1[O]. The molecule has 0 bridgehead atoms. The molecule has 0 aliphatic carbocycles. The van der Waals surface area contributed by atoms with Gasteiger partial charge in [0.1, 0.15) is 0 Å². The van der Waals surface area contributed by atoms with Crippen molar-refractivity contribution < 1.29 is 5.11 Å². The van der Waals surface area contributed by atoms with E-state index in [1.165, 1.54) is 0 Å². The van der Waals surface area contributed by atoms with Gasteiger partial charge in [-0.25, -0.2) is 0 Å². The Morgan fingerprint density at radius 1 is 1.00 bits per heavy atom. The zero-order chi connectivity index (χ0) is 14.0. The van der Waals surface area contributed by atoms with Crippen molar-refractivity contribution in [1.82, 2.24) is 0 Å². The molecule has 0 spiro atoms. The molecule has 0 aliphatic heterocycles. The van der Waals surface area contributed by atoms with E-state index in [-0.39, 0.29) is 5.75 Å². The van der Waals surface area contributed by atoms with Crippen molar-refractivity contribution in [3.05, 3.63) is 57.1 Å². The minimum absolute atomic E-state index is 0.0939. The van der Waals surface area contributed by atoms with Crippen molar-refractivity contribution in [2.24, 2.45) is 0 Å². The lowest BCUT2D eigenvalue weighted by Crippen LogP contribution is -1.85. The molecule has 0 N–H and O–H groups in total. The van der Waals surface area contributed by atoms with Gasteiger partial charge in [-0.2, -0.15) is 0 Å². The molecule has 0 aromatic heterocycles. The maximum absolute atomic E-state index is 11.5. The quantitative estimate of drug-likeness (QED) is 0.632. The summed E-state index contributed by atoms with van der Waals surface area (Å²) < 4.78 is 0. The third-order valence-corrected chi connectivity index (χ3v) is 4.82. The number of hydrogen-bond donors (Lipinski definition) is 0. The Hall–Kier alpha value is -0.830. The zero-order valence-corrected chi connectivity index (χ0v) is 13.0. The van der Waals surface area contributed by atoms with Crippen molar-refractivity contribution in [3.63, 3.8) is 0 Å². The first-order valence-electron chi connectivity index (χ1n) is 5.82. The highest BCUT2D eigenvalue weighted by molar-refractivity contribution is 7.98. The monoisotopic (exact) mass is 311 g/mol. The van der Waals surface area contributed by atoms with Crippen molar-refractivity contribution in [1.29, 1.82) is 0 Å².